The number of rotatable bonds is 2. The van der Waals surface area contributed by atoms with Crippen LogP contribution < -0.4 is 0 Å². The Balaban J connectivity index is 2.00. The zero-order valence-electron chi connectivity index (χ0n) is 9.98. The van der Waals surface area contributed by atoms with Crippen LogP contribution in [0.4, 0.5) is 0 Å². The summed E-state index contributed by atoms with van der Waals surface area (Å²) in [6.07, 6.45) is 6.34. The highest BCUT2D eigenvalue weighted by Crippen LogP contribution is 2.25. The van der Waals surface area contributed by atoms with E-state index in [0.717, 1.165) is 13.2 Å². The van der Waals surface area contributed by atoms with Crippen LogP contribution in [-0.4, -0.2) is 49.8 Å². The minimum absolute atomic E-state index is 0.148. The summed E-state index contributed by atoms with van der Waals surface area (Å²) in [6.45, 7) is 2.09. The molecule has 1 aliphatic heterocycles. The molecule has 4 heteroatoms. The van der Waals surface area contributed by atoms with Gasteiger partial charge in [-0.2, -0.15) is 0 Å². The van der Waals surface area contributed by atoms with Gasteiger partial charge >= 0.3 is 5.97 Å². The number of carbonyl (C=O) groups is 1. The first-order valence-corrected chi connectivity index (χ1v) is 6.24. The molecular weight excluding hydrogens is 206 g/mol. The Morgan fingerprint density at radius 2 is 2.06 bits per heavy atom. The summed E-state index contributed by atoms with van der Waals surface area (Å²) in [5.74, 6) is -0.148. The first-order valence-electron chi connectivity index (χ1n) is 6.24. The van der Waals surface area contributed by atoms with Crippen molar-refractivity contribution in [2.24, 2.45) is 0 Å². The molecule has 1 saturated carbocycles. The fourth-order valence-corrected chi connectivity index (χ4v) is 2.81. The maximum absolute atomic E-state index is 11.7. The van der Waals surface area contributed by atoms with Crippen LogP contribution in [-0.2, 0) is 14.3 Å². The molecule has 0 aromatic heterocycles. The molecule has 0 radical (unpaired) electrons. The van der Waals surface area contributed by atoms with Crippen molar-refractivity contribution < 1.29 is 14.3 Å². The largest absolute Gasteiger partial charge is 0.468 e. The van der Waals surface area contributed by atoms with Crippen molar-refractivity contribution in [1.82, 2.24) is 4.90 Å². The van der Waals surface area contributed by atoms with Gasteiger partial charge in [0, 0.05) is 12.6 Å². The normalized spacial score (nSPS) is 28.9. The fraction of sp³-hybridized carbons (Fsp3) is 0.917. The number of methoxy groups -OCH3 is 1. The van der Waals surface area contributed by atoms with Crippen molar-refractivity contribution in [2.45, 2.75) is 44.2 Å². The lowest BCUT2D eigenvalue weighted by atomic mass is 9.93. The topological polar surface area (TPSA) is 38.8 Å². The van der Waals surface area contributed by atoms with Crippen molar-refractivity contribution in [3.63, 3.8) is 0 Å². The van der Waals surface area contributed by atoms with Crippen LogP contribution in [0.15, 0.2) is 0 Å². The third-order valence-corrected chi connectivity index (χ3v) is 3.69. The lowest BCUT2D eigenvalue weighted by molar-refractivity contribution is -0.155. The fourth-order valence-electron chi connectivity index (χ4n) is 2.81. The molecule has 4 nitrogen and oxygen atoms in total. The second-order valence-electron chi connectivity index (χ2n) is 4.64. The standard InChI is InChI=1S/C12H21NO3/c1-15-12(14)11-9-16-8-7-13(11)10-5-3-2-4-6-10/h10-11H,2-9H2,1H3. The van der Waals surface area contributed by atoms with Crippen molar-refractivity contribution in [3.8, 4) is 0 Å². The van der Waals surface area contributed by atoms with Crippen LogP contribution >= 0.6 is 0 Å². The Labute approximate surface area is 96.9 Å². The van der Waals surface area contributed by atoms with Gasteiger partial charge in [0.05, 0.1) is 20.3 Å². The van der Waals surface area contributed by atoms with E-state index in [1.165, 1.54) is 39.2 Å². The Bertz CT molecular complexity index is 238. The molecule has 2 aliphatic rings. The highest BCUT2D eigenvalue weighted by molar-refractivity contribution is 5.76. The van der Waals surface area contributed by atoms with Gasteiger partial charge in [-0.15, -0.1) is 0 Å². The number of nitrogens with zero attached hydrogens (tertiary/aromatic N) is 1. The number of ether oxygens (including phenoxy) is 2. The number of morpholine rings is 1. The van der Waals surface area contributed by atoms with Gasteiger partial charge in [-0.1, -0.05) is 19.3 Å². The SMILES string of the molecule is COC(=O)C1COCCN1C1CCCCC1. The summed E-state index contributed by atoms with van der Waals surface area (Å²) in [4.78, 5) is 14.0. The maximum atomic E-state index is 11.7. The second-order valence-corrected chi connectivity index (χ2v) is 4.64. The molecule has 0 spiro atoms. The third kappa shape index (κ3) is 2.55. The van der Waals surface area contributed by atoms with E-state index in [0.29, 0.717) is 12.6 Å². The van der Waals surface area contributed by atoms with Crippen LogP contribution in [0.5, 0.6) is 0 Å². The van der Waals surface area contributed by atoms with E-state index in [1.54, 1.807) is 0 Å². The predicted molar refractivity (Wildman–Crippen MR) is 60.2 cm³/mol. The molecule has 0 N–H and O–H groups in total. The maximum Gasteiger partial charge on any atom is 0.325 e. The zero-order chi connectivity index (χ0) is 11.4. The zero-order valence-corrected chi connectivity index (χ0v) is 9.98. The van der Waals surface area contributed by atoms with Crippen LogP contribution in [0.25, 0.3) is 0 Å². The van der Waals surface area contributed by atoms with E-state index in [2.05, 4.69) is 4.90 Å². The molecule has 2 fully saturated rings. The molecule has 92 valence electrons. The molecular formula is C12H21NO3. The molecule has 1 atom stereocenters. The summed E-state index contributed by atoms with van der Waals surface area (Å²) in [5.41, 5.74) is 0. The summed E-state index contributed by atoms with van der Waals surface area (Å²) in [5, 5.41) is 0. The van der Waals surface area contributed by atoms with E-state index in [1.807, 2.05) is 0 Å². The molecule has 2 rings (SSSR count). The van der Waals surface area contributed by atoms with Gasteiger partial charge in [0.1, 0.15) is 6.04 Å². The lowest BCUT2D eigenvalue weighted by Crippen LogP contribution is -2.55. The van der Waals surface area contributed by atoms with Gasteiger partial charge < -0.3 is 9.47 Å². The summed E-state index contributed by atoms with van der Waals surface area (Å²) in [6, 6.07) is 0.378. The van der Waals surface area contributed by atoms with Gasteiger partial charge in [0.15, 0.2) is 0 Å². The Morgan fingerprint density at radius 1 is 1.31 bits per heavy atom. The number of esters is 1. The van der Waals surface area contributed by atoms with Gasteiger partial charge in [-0.3, -0.25) is 9.69 Å². The highest BCUT2D eigenvalue weighted by Gasteiger charge is 2.35. The van der Waals surface area contributed by atoms with Crippen molar-refractivity contribution in [3.05, 3.63) is 0 Å². The smallest absolute Gasteiger partial charge is 0.325 e. The van der Waals surface area contributed by atoms with E-state index in [-0.39, 0.29) is 12.0 Å². The van der Waals surface area contributed by atoms with E-state index < -0.39 is 0 Å². The molecule has 0 aromatic rings. The van der Waals surface area contributed by atoms with Crippen molar-refractivity contribution in [1.29, 1.82) is 0 Å². The minimum atomic E-state index is -0.179. The van der Waals surface area contributed by atoms with Gasteiger partial charge in [-0.05, 0) is 12.8 Å². The van der Waals surface area contributed by atoms with Gasteiger partial charge in [-0.25, -0.2) is 0 Å². The number of hydrogen-bond acceptors (Lipinski definition) is 4. The summed E-state index contributed by atoms with van der Waals surface area (Å²) >= 11 is 0. The molecule has 0 bridgehead atoms. The molecule has 1 aliphatic carbocycles. The minimum Gasteiger partial charge on any atom is -0.468 e. The average Bonchev–Trinajstić information content (AvgIpc) is 2.39. The summed E-state index contributed by atoms with van der Waals surface area (Å²) in [7, 11) is 1.45. The molecule has 0 aromatic carbocycles. The van der Waals surface area contributed by atoms with E-state index >= 15 is 0 Å². The molecule has 0 amide bonds. The Morgan fingerprint density at radius 3 is 2.75 bits per heavy atom. The van der Waals surface area contributed by atoms with E-state index in [4.69, 9.17) is 9.47 Å². The van der Waals surface area contributed by atoms with Gasteiger partial charge in [0.25, 0.3) is 0 Å². The molecule has 1 unspecified atom stereocenters. The van der Waals surface area contributed by atoms with Crippen LogP contribution in [0, 0.1) is 0 Å². The Hall–Kier alpha value is -0.610. The predicted octanol–water partition coefficient (Wildman–Crippen LogP) is 1.19. The number of hydrogen-bond donors (Lipinski definition) is 0. The first kappa shape index (κ1) is 11.9. The van der Waals surface area contributed by atoms with Gasteiger partial charge in [0.2, 0.25) is 0 Å². The highest BCUT2D eigenvalue weighted by atomic mass is 16.5. The monoisotopic (exact) mass is 227 g/mol. The van der Waals surface area contributed by atoms with Crippen LogP contribution in [0.2, 0.25) is 0 Å². The molecule has 16 heavy (non-hydrogen) atoms. The first-order chi connectivity index (χ1) is 7.83. The second kappa shape index (κ2) is 5.64. The van der Waals surface area contributed by atoms with Crippen LogP contribution in [0.1, 0.15) is 32.1 Å². The quantitative estimate of drug-likeness (QED) is 0.664. The average molecular weight is 227 g/mol. The molecule has 1 heterocycles. The van der Waals surface area contributed by atoms with Crippen LogP contribution in [0.3, 0.4) is 0 Å². The van der Waals surface area contributed by atoms with Crippen molar-refractivity contribution in [2.75, 3.05) is 26.9 Å². The number of carbonyl (C=O) groups excluding carboxylic acids is 1. The lowest BCUT2D eigenvalue weighted by Gasteiger charge is -2.41. The Kier molecular flexibility index (Phi) is 4.18. The van der Waals surface area contributed by atoms with E-state index in [9.17, 15) is 4.79 Å². The molecule has 1 saturated heterocycles. The third-order valence-electron chi connectivity index (χ3n) is 3.69. The van der Waals surface area contributed by atoms with Crippen molar-refractivity contribution >= 4 is 5.97 Å². The summed E-state index contributed by atoms with van der Waals surface area (Å²) < 4.78 is 10.2.